The summed E-state index contributed by atoms with van der Waals surface area (Å²) in [5.74, 6) is 0. The van der Waals surface area contributed by atoms with Crippen molar-refractivity contribution in [3.8, 4) is 0 Å². The molecule has 0 amide bonds. The van der Waals surface area contributed by atoms with Crippen LogP contribution in [0.3, 0.4) is 0 Å². The molecule has 0 heterocycles. The standard InChI is InChI=1S/C8H10N4O2S/c9-11-12-15(13,14)10-7-6-8-4-2-1-3-5-8/h1-5,10H,6-7H2. The second kappa shape index (κ2) is 5.35. The maximum absolute atomic E-state index is 10.9. The van der Waals surface area contributed by atoms with E-state index in [9.17, 15) is 8.42 Å². The Morgan fingerprint density at radius 3 is 2.60 bits per heavy atom. The zero-order valence-corrected chi connectivity index (χ0v) is 8.68. The molecule has 80 valence electrons. The smallest absolute Gasteiger partial charge is 0.208 e. The van der Waals surface area contributed by atoms with Crippen LogP contribution in [0.4, 0.5) is 0 Å². The van der Waals surface area contributed by atoms with Crippen LogP contribution in [0.25, 0.3) is 10.4 Å². The molecule has 15 heavy (non-hydrogen) atoms. The van der Waals surface area contributed by atoms with Crippen LogP contribution in [0.5, 0.6) is 0 Å². The Balaban J connectivity index is 2.44. The van der Waals surface area contributed by atoms with E-state index in [4.69, 9.17) is 5.53 Å². The maximum Gasteiger partial charge on any atom is 0.300 e. The normalized spacial score (nSPS) is 10.7. The quantitative estimate of drug-likeness (QED) is 0.466. The first-order valence-corrected chi connectivity index (χ1v) is 5.68. The number of rotatable bonds is 5. The van der Waals surface area contributed by atoms with E-state index in [1.54, 1.807) is 0 Å². The van der Waals surface area contributed by atoms with Gasteiger partial charge in [0.1, 0.15) is 0 Å². The highest BCUT2D eigenvalue weighted by Gasteiger charge is 2.04. The minimum Gasteiger partial charge on any atom is -0.208 e. The lowest BCUT2D eigenvalue weighted by molar-refractivity contribution is 0.583. The molecule has 1 rings (SSSR count). The largest absolute Gasteiger partial charge is 0.300 e. The molecule has 0 fully saturated rings. The van der Waals surface area contributed by atoms with Gasteiger partial charge in [-0.2, -0.15) is 0 Å². The Bertz CT molecular complexity index is 451. The van der Waals surface area contributed by atoms with E-state index < -0.39 is 10.2 Å². The molecule has 6 nitrogen and oxygen atoms in total. The molecule has 0 aliphatic carbocycles. The second-order valence-electron chi connectivity index (χ2n) is 2.78. The minimum atomic E-state index is -3.84. The monoisotopic (exact) mass is 226 g/mol. The van der Waals surface area contributed by atoms with Crippen molar-refractivity contribution in [2.45, 2.75) is 6.42 Å². The molecule has 0 aromatic heterocycles. The molecule has 0 aliphatic rings. The first-order valence-electron chi connectivity index (χ1n) is 4.24. The molecule has 1 N–H and O–H groups in total. The molecular formula is C8H10N4O2S. The first kappa shape index (κ1) is 11.5. The van der Waals surface area contributed by atoms with Crippen LogP contribution in [0.2, 0.25) is 0 Å². The van der Waals surface area contributed by atoms with Crippen LogP contribution in [0.15, 0.2) is 34.9 Å². The molecule has 0 bridgehead atoms. The highest BCUT2D eigenvalue weighted by molar-refractivity contribution is 7.88. The van der Waals surface area contributed by atoms with Gasteiger partial charge in [0.15, 0.2) is 0 Å². The summed E-state index contributed by atoms with van der Waals surface area (Å²) in [6, 6.07) is 9.41. The van der Waals surface area contributed by atoms with Crippen LogP contribution < -0.4 is 4.72 Å². The van der Waals surface area contributed by atoms with Crippen LogP contribution in [0, 0.1) is 0 Å². The van der Waals surface area contributed by atoms with E-state index in [0.29, 0.717) is 6.42 Å². The summed E-state index contributed by atoms with van der Waals surface area (Å²) in [7, 11) is -3.84. The summed E-state index contributed by atoms with van der Waals surface area (Å²) in [5.41, 5.74) is 8.97. The van der Waals surface area contributed by atoms with E-state index in [1.165, 1.54) is 0 Å². The third-order valence-corrected chi connectivity index (χ3v) is 2.54. The SMILES string of the molecule is [N-]=[N+]=NS(=O)(=O)NCCc1ccccc1. The van der Waals surface area contributed by atoms with Crippen molar-refractivity contribution in [2.75, 3.05) is 6.54 Å². The van der Waals surface area contributed by atoms with Gasteiger partial charge in [-0.05, 0) is 17.5 Å². The molecule has 0 unspecified atom stereocenters. The van der Waals surface area contributed by atoms with Crippen molar-refractivity contribution in [3.05, 3.63) is 46.3 Å². The van der Waals surface area contributed by atoms with Gasteiger partial charge in [0.2, 0.25) is 0 Å². The number of nitrogens with one attached hydrogen (secondary N) is 1. The fraction of sp³-hybridized carbons (Fsp3) is 0.250. The minimum absolute atomic E-state index is 0.214. The van der Waals surface area contributed by atoms with Gasteiger partial charge in [-0.25, -0.2) is 13.1 Å². The highest BCUT2D eigenvalue weighted by atomic mass is 32.2. The zero-order valence-electron chi connectivity index (χ0n) is 7.87. The summed E-state index contributed by atoms with van der Waals surface area (Å²) >= 11 is 0. The topological polar surface area (TPSA) is 94.9 Å². The molecule has 0 aliphatic heterocycles. The van der Waals surface area contributed by atoms with Crippen LogP contribution in [-0.2, 0) is 16.6 Å². The fourth-order valence-corrected chi connectivity index (χ4v) is 1.56. The number of hydrogen-bond acceptors (Lipinski definition) is 2. The van der Waals surface area contributed by atoms with Gasteiger partial charge < -0.3 is 0 Å². The van der Waals surface area contributed by atoms with Gasteiger partial charge >= 0.3 is 0 Å². The van der Waals surface area contributed by atoms with Gasteiger partial charge in [0, 0.05) is 16.0 Å². The number of benzene rings is 1. The summed E-state index contributed by atoms with van der Waals surface area (Å²) in [5, 5.41) is 0. The Kier molecular flexibility index (Phi) is 4.11. The first-order chi connectivity index (χ1) is 7.14. The highest BCUT2D eigenvalue weighted by Crippen LogP contribution is 1.98. The predicted octanol–water partition coefficient (Wildman–Crippen LogP) is 1.37. The lowest BCUT2D eigenvalue weighted by atomic mass is 10.2. The average molecular weight is 226 g/mol. The Hall–Kier alpha value is -1.56. The molecule has 0 saturated carbocycles. The fourth-order valence-electron chi connectivity index (χ4n) is 1.05. The molecule has 7 heteroatoms. The summed E-state index contributed by atoms with van der Waals surface area (Å²) in [6.45, 7) is 0.214. The van der Waals surface area contributed by atoms with Crippen molar-refractivity contribution < 1.29 is 8.42 Å². The lowest BCUT2D eigenvalue weighted by Crippen LogP contribution is -2.23. The van der Waals surface area contributed by atoms with Crippen molar-refractivity contribution in [2.24, 2.45) is 4.52 Å². The molecule has 0 spiro atoms. The maximum atomic E-state index is 10.9. The lowest BCUT2D eigenvalue weighted by Gasteiger charge is -2.01. The number of hydrogen-bond donors (Lipinski definition) is 1. The van der Waals surface area contributed by atoms with Crippen LogP contribution >= 0.6 is 0 Å². The van der Waals surface area contributed by atoms with Gasteiger partial charge in [-0.1, -0.05) is 30.3 Å². The van der Waals surface area contributed by atoms with E-state index in [-0.39, 0.29) is 6.54 Å². The van der Waals surface area contributed by atoms with Crippen molar-refractivity contribution in [3.63, 3.8) is 0 Å². The number of nitrogens with zero attached hydrogens (tertiary/aromatic N) is 3. The van der Waals surface area contributed by atoms with Gasteiger partial charge in [0.25, 0.3) is 10.2 Å². The Labute approximate surface area is 87.7 Å². The Morgan fingerprint density at radius 1 is 1.33 bits per heavy atom. The summed E-state index contributed by atoms with van der Waals surface area (Å²) in [4.78, 5) is 2.21. The van der Waals surface area contributed by atoms with E-state index >= 15 is 0 Å². The van der Waals surface area contributed by atoms with E-state index in [0.717, 1.165) is 5.56 Å². The van der Waals surface area contributed by atoms with Crippen molar-refractivity contribution in [1.82, 2.24) is 4.72 Å². The van der Waals surface area contributed by atoms with E-state index in [1.807, 2.05) is 30.3 Å². The van der Waals surface area contributed by atoms with Gasteiger partial charge in [-0.3, -0.25) is 0 Å². The van der Waals surface area contributed by atoms with Gasteiger partial charge in [-0.15, -0.1) is 0 Å². The molecule has 1 aromatic carbocycles. The third-order valence-electron chi connectivity index (χ3n) is 1.68. The second-order valence-corrected chi connectivity index (χ2v) is 4.18. The predicted molar refractivity (Wildman–Crippen MR) is 56.2 cm³/mol. The summed E-state index contributed by atoms with van der Waals surface area (Å²) < 4.78 is 26.6. The van der Waals surface area contributed by atoms with Crippen molar-refractivity contribution in [1.29, 1.82) is 0 Å². The van der Waals surface area contributed by atoms with Crippen LogP contribution in [0.1, 0.15) is 5.56 Å². The number of azide groups is 1. The van der Waals surface area contributed by atoms with E-state index in [2.05, 4.69) is 14.2 Å². The van der Waals surface area contributed by atoms with Gasteiger partial charge in [0.05, 0.1) is 0 Å². The molecule has 1 aromatic rings. The van der Waals surface area contributed by atoms with Crippen LogP contribution in [-0.4, -0.2) is 15.0 Å². The third kappa shape index (κ3) is 4.46. The molecular weight excluding hydrogens is 216 g/mol. The Morgan fingerprint density at radius 2 is 2.00 bits per heavy atom. The molecule has 0 atom stereocenters. The molecule has 0 saturated heterocycles. The molecule has 0 radical (unpaired) electrons. The zero-order chi connectivity index (χ0) is 11.1. The van der Waals surface area contributed by atoms with Crippen molar-refractivity contribution >= 4 is 10.2 Å². The summed E-state index contributed by atoms with van der Waals surface area (Å²) in [6.07, 6.45) is 0.557. The average Bonchev–Trinajstić information content (AvgIpc) is 2.19.